The number of rotatable bonds is 2. The first-order valence-electron chi connectivity index (χ1n) is 7.67. The highest BCUT2D eigenvalue weighted by Crippen LogP contribution is 2.34. The van der Waals surface area contributed by atoms with Gasteiger partial charge in [-0.05, 0) is 51.3 Å². The Balaban J connectivity index is 2.28. The van der Waals surface area contributed by atoms with Gasteiger partial charge in [-0.1, -0.05) is 23.7 Å². The van der Waals surface area contributed by atoms with Crippen molar-refractivity contribution >= 4 is 23.7 Å². The molecule has 2 rings (SSSR count). The summed E-state index contributed by atoms with van der Waals surface area (Å²) in [6.45, 7) is 5.68. The smallest absolute Gasteiger partial charge is 0.411 e. The summed E-state index contributed by atoms with van der Waals surface area (Å²) in [7, 11) is 0. The van der Waals surface area contributed by atoms with E-state index in [4.69, 9.17) is 16.3 Å². The number of ether oxygens (including phenoxy) is 1. The Kier molecular flexibility index (Phi) is 5.19. The van der Waals surface area contributed by atoms with Crippen molar-refractivity contribution in [2.75, 3.05) is 6.54 Å². The van der Waals surface area contributed by atoms with Gasteiger partial charge >= 0.3 is 12.1 Å². The summed E-state index contributed by atoms with van der Waals surface area (Å²) in [6.07, 6.45) is 0.859. The summed E-state index contributed by atoms with van der Waals surface area (Å²) in [5.74, 6) is -1.29. The van der Waals surface area contributed by atoms with E-state index in [0.29, 0.717) is 18.0 Å². The number of carbonyl (C=O) groups excluding carboxylic acids is 1. The quantitative estimate of drug-likeness (QED) is 0.887. The maximum atomic E-state index is 12.4. The van der Waals surface area contributed by atoms with Crippen molar-refractivity contribution in [3.05, 3.63) is 34.9 Å². The average Bonchev–Trinajstić information content (AvgIpc) is 2.45. The monoisotopic (exact) mass is 339 g/mol. The number of carboxylic acid groups (broad SMARTS) is 1. The summed E-state index contributed by atoms with van der Waals surface area (Å²) in [4.78, 5) is 25.5. The maximum Gasteiger partial charge on any atom is 0.411 e. The number of benzene rings is 1. The fourth-order valence-corrected chi connectivity index (χ4v) is 3.01. The van der Waals surface area contributed by atoms with Crippen LogP contribution in [0.1, 0.15) is 45.1 Å². The van der Waals surface area contributed by atoms with Crippen LogP contribution in [-0.4, -0.2) is 40.3 Å². The van der Waals surface area contributed by atoms with Crippen LogP contribution in [0, 0.1) is 0 Å². The molecule has 0 unspecified atom stereocenters. The highest BCUT2D eigenvalue weighted by Gasteiger charge is 2.41. The molecule has 0 aliphatic carbocycles. The molecular formula is C17H22ClNO4. The maximum absolute atomic E-state index is 12.4. The first-order valence-corrected chi connectivity index (χ1v) is 8.05. The van der Waals surface area contributed by atoms with Crippen LogP contribution in [0.4, 0.5) is 4.79 Å². The zero-order chi connectivity index (χ0) is 17.2. The van der Waals surface area contributed by atoms with Gasteiger partial charge in [-0.2, -0.15) is 0 Å². The molecule has 1 aliphatic heterocycles. The summed E-state index contributed by atoms with van der Waals surface area (Å²) >= 11 is 5.90. The lowest BCUT2D eigenvalue weighted by atomic mass is 9.83. The minimum atomic E-state index is -1.02. The zero-order valence-corrected chi connectivity index (χ0v) is 14.3. The van der Waals surface area contributed by atoms with E-state index in [1.807, 2.05) is 12.1 Å². The second-order valence-corrected chi connectivity index (χ2v) is 7.19. The molecule has 1 aromatic carbocycles. The molecule has 1 aliphatic rings. The predicted molar refractivity (Wildman–Crippen MR) is 87.8 cm³/mol. The molecule has 1 N–H and O–H groups in total. The van der Waals surface area contributed by atoms with E-state index in [1.165, 1.54) is 4.90 Å². The number of nitrogens with zero attached hydrogens (tertiary/aromatic N) is 1. The van der Waals surface area contributed by atoms with E-state index in [2.05, 4.69) is 0 Å². The average molecular weight is 340 g/mol. The highest BCUT2D eigenvalue weighted by atomic mass is 35.5. The van der Waals surface area contributed by atoms with E-state index in [-0.39, 0.29) is 5.92 Å². The first kappa shape index (κ1) is 17.6. The molecule has 0 bridgehead atoms. The van der Waals surface area contributed by atoms with E-state index < -0.39 is 23.7 Å². The summed E-state index contributed by atoms with van der Waals surface area (Å²) in [5, 5.41) is 10.3. The molecule has 23 heavy (non-hydrogen) atoms. The number of halogens is 1. The second kappa shape index (κ2) is 6.79. The topological polar surface area (TPSA) is 66.8 Å². The lowest BCUT2D eigenvalue weighted by Gasteiger charge is -2.39. The Morgan fingerprint density at radius 2 is 1.87 bits per heavy atom. The lowest BCUT2D eigenvalue weighted by Crippen LogP contribution is -2.53. The van der Waals surface area contributed by atoms with Crippen molar-refractivity contribution in [1.82, 2.24) is 4.90 Å². The molecule has 126 valence electrons. The van der Waals surface area contributed by atoms with E-state index >= 15 is 0 Å². The molecule has 5 nitrogen and oxygen atoms in total. The first-order chi connectivity index (χ1) is 10.7. The minimum absolute atomic E-state index is 0.272. The molecule has 1 saturated heterocycles. The van der Waals surface area contributed by atoms with Crippen molar-refractivity contribution in [1.29, 1.82) is 0 Å². The van der Waals surface area contributed by atoms with Crippen molar-refractivity contribution in [2.45, 2.75) is 51.2 Å². The van der Waals surface area contributed by atoms with Crippen molar-refractivity contribution in [3.63, 3.8) is 0 Å². The van der Waals surface area contributed by atoms with Crippen LogP contribution in [0.5, 0.6) is 0 Å². The van der Waals surface area contributed by atoms with Crippen LogP contribution in [0.15, 0.2) is 24.3 Å². The fraction of sp³-hybridized carbons (Fsp3) is 0.529. The third-order valence-electron chi connectivity index (χ3n) is 3.81. The normalized spacial score (nSPS) is 21.8. The molecule has 1 fully saturated rings. The molecule has 1 heterocycles. The van der Waals surface area contributed by atoms with Crippen LogP contribution >= 0.6 is 11.6 Å². The number of carbonyl (C=O) groups is 2. The Hall–Kier alpha value is -1.75. The minimum Gasteiger partial charge on any atom is -0.480 e. The predicted octanol–water partition coefficient (Wildman–Crippen LogP) is 3.91. The molecule has 1 amide bonds. The van der Waals surface area contributed by atoms with E-state index in [0.717, 1.165) is 12.0 Å². The van der Waals surface area contributed by atoms with E-state index in [9.17, 15) is 14.7 Å². The van der Waals surface area contributed by atoms with Gasteiger partial charge in [-0.25, -0.2) is 9.59 Å². The summed E-state index contributed by atoms with van der Waals surface area (Å²) in [6, 6.07) is 6.19. The number of aliphatic carboxylic acids is 1. The largest absolute Gasteiger partial charge is 0.480 e. The van der Waals surface area contributed by atoms with Gasteiger partial charge in [-0.15, -0.1) is 0 Å². The van der Waals surface area contributed by atoms with Crippen molar-refractivity contribution in [2.24, 2.45) is 0 Å². The Morgan fingerprint density at radius 3 is 2.39 bits per heavy atom. The van der Waals surface area contributed by atoms with Gasteiger partial charge in [0.25, 0.3) is 0 Å². The number of amides is 1. The van der Waals surface area contributed by atoms with Crippen LogP contribution in [0.3, 0.4) is 0 Å². The summed E-state index contributed by atoms with van der Waals surface area (Å²) in [5.41, 5.74) is 0.211. The van der Waals surface area contributed by atoms with Crippen LogP contribution in [0.2, 0.25) is 5.02 Å². The van der Waals surface area contributed by atoms with Gasteiger partial charge < -0.3 is 9.84 Å². The number of piperidine rings is 1. The summed E-state index contributed by atoms with van der Waals surface area (Å²) < 4.78 is 5.36. The molecule has 0 radical (unpaired) electrons. The fourth-order valence-electron chi connectivity index (χ4n) is 2.89. The molecule has 0 spiro atoms. The van der Waals surface area contributed by atoms with Crippen molar-refractivity contribution in [3.8, 4) is 0 Å². The van der Waals surface area contributed by atoms with Gasteiger partial charge in [-0.3, -0.25) is 4.90 Å². The third-order valence-corrected chi connectivity index (χ3v) is 4.06. The zero-order valence-electron chi connectivity index (χ0n) is 13.6. The van der Waals surface area contributed by atoms with E-state index in [1.54, 1.807) is 32.9 Å². The molecule has 1 aromatic rings. The molecule has 0 saturated carbocycles. The second-order valence-electron chi connectivity index (χ2n) is 6.76. The number of hydrogen-bond donors (Lipinski definition) is 1. The van der Waals surface area contributed by atoms with Gasteiger partial charge in [0.05, 0.1) is 0 Å². The Bertz CT molecular complexity index is 579. The number of likely N-dealkylation sites (tertiary alicyclic amines) is 1. The standard InChI is InChI=1S/C17H22ClNO4/c1-17(2,3)23-16(22)19-10-4-5-13(14(19)15(20)21)11-6-8-12(18)9-7-11/h6-9,13-14H,4-5,10H2,1-3H3,(H,20,21)/t13-,14+/m0/s1. The van der Waals surface area contributed by atoms with Gasteiger partial charge in [0, 0.05) is 17.5 Å². The van der Waals surface area contributed by atoms with Gasteiger partial charge in [0.15, 0.2) is 0 Å². The van der Waals surface area contributed by atoms with Crippen LogP contribution in [0.25, 0.3) is 0 Å². The lowest BCUT2D eigenvalue weighted by molar-refractivity contribution is -0.145. The molecule has 0 aromatic heterocycles. The SMILES string of the molecule is CC(C)(C)OC(=O)N1CCC[C@@H](c2ccc(Cl)cc2)[C@@H]1C(=O)O. The number of carboxylic acids is 1. The van der Waals surface area contributed by atoms with Gasteiger partial charge in [0.1, 0.15) is 11.6 Å². The van der Waals surface area contributed by atoms with Gasteiger partial charge in [0.2, 0.25) is 0 Å². The third kappa shape index (κ3) is 4.38. The molecular weight excluding hydrogens is 318 g/mol. The molecule has 2 atom stereocenters. The Morgan fingerprint density at radius 1 is 1.26 bits per heavy atom. The highest BCUT2D eigenvalue weighted by molar-refractivity contribution is 6.30. The van der Waals surface area contributed by atoms with Crippen molar-refractivity contribution < 1.29 is 19.4 Å². The Labute approximate surface area is 141 Å². The molecule has 6 heteroatoms. The van der Waals surface area contributed by atoms with Crippen LogP contribution < -0.4 is 0 Å². The van der Waals surface area contributed by atoms with Crippen LogP contribution in [-0.2, 0) is 9.53 Å². The number of hydrogen-bond acceptors (Lipinski definition) is 3.